The molecule has 2 aromatic carbocycles. The Balaban J connectivity index is 1.36. The number of hydrogen-bond acceptors (Lipinski definition) is 6. The fourth-order valence-corrected chi connectivity index (χ4v) is 4.50. The van der Waals surface area contributed by atoms with Gasteiger partial charge in [-0.25, -0.2) is 9.78 Å². The van der Waals surface area contributed by atoms with E-state index in [9.17, 15) is 9.59 Å². The Labute approximate surface area is 176 Å². The van der Waals surface area contributed by atoms with E-state index in [4.69, 9.17) is 14.1 Å². The second-order valence-electron chi connectivity index (χ2n) is 7.24. The van der Waals surface area contributed by atoms with Crippen LogP contribution in [-0.4, -0.2) is 23.1 Å². The summed E-state index contributed by atoms with van der Waals surface area (Å²) in [5, 5.41) is 4.10. The fourth-order valence-electron chi connectivity index (χ4n) is 3.56. The molecule has 0 saturated carbocycles. The average molecular weight is 418 g/mol. The lowest BCUT2D eigenvalue weighted by Gasteiger charge is -2.05. The van der Waals surface area contributed by atoms with E-state index in [0.717, 1.165) is 38.6 Å². The number of nitrogens with one attached hydrogen (secondary N) is 1. The molecule has 1 aliphatic heterocycles. The van der Waals surface area contributed by atoms with Gasteiger partial charge in [-0.05, 0) is 30.7 Å². The van der Waals surface area contributed by atoms with Crippen molar-refractivity contribution in [3.63, 3.8) is 0 Å². The molecule has 5 rings (SSSR count). The standard InChI is InChI=1S/C23H18N2O4S/c1-13-18(24-22(30-13)15-5-3-2-4-6-15)12-17-11-16-9-14(7-8-19(16)28-17)10-20-21(26)25-23(27)29-20/h2-9,11,20H,10,12H2,1H3,(H,25,26,27). The molecule has 3 heterocycles. The van der Waals surface area contributed by atoms with E-state index in [1.165, 1.54) is 4.88 Å². The number of thiazole rings is 1. The van der Waals surface area contributed by atoms with Gasteiger partial charge in [0.2, 0.25) is 0 Å². The monoisotopic (exact) mass is 418 g/mol. The van der Waals surface area contributed by atoms with Crippen LogP contribution in [-0.2, 0) is 22.4 Å². The number of amides is 2. The van der Waals surface area contributed by atoms with Crippen LogP contribution in [0.3, 0.4) is 0 Å². The molecule has 1 fully saturated rings. The van der Waals surface area contributed by atoms with Crippen molar-refractivity contribution in [1.29, 1.82) is 0 Å². The highest BCUT2D eigenvalue weighted by Gasteiger charge is 2.32. The third kappa shape index (κ3) is 3.59. The molecule has 1 saturated heterocycles. The van der Waals surface area contributed by atoms with Crippen LogP contribution in [0, 0.1) is 6.92 Å². The van der Waals surface area contributed by atoms with Crippen LogP contribution in [0.15, 0.2) is 59.0 Å². The molecule has 6 nitrogen and oxygen atoms in total. The Hall–Kier alpha value is -3.45. The molecular weight excluding hydrogens is 400 g/mol. The number of fused-ring (bicyclic) bond motifs is 1. The highest BCUT2D eigenvalue weighted by molar-refractivity contribution is 7.15. The number of aryl methyl sites for hydroxylation is 1. The summed E-state index contributed by atoms with van der Waals surface area (Å²) in [4.78, 5) is 28.9. The first-order valence-electron chi connectivity index (χ1n) is 9.60. The Morgan fingerprint density at radius 1 is 1.10 bits per heavy atom. The first kappa shape index (κ1) is 18.6. The van der Waals surface area contributed by atoms with Gasteiger partial charge in [0.25, 0.3) is 5.91 Å². The van der Waals surface area contributed by atoms with Crippen LogP contribution in [0.4, 0.5) is 4.79 Å². The molecular formula is C23H18N2O4S. The van der Waals surface area contributed by atoms with Crippen molar-refractivity contribution in [2.45, 2.75) is 25.9 Å². The lowest BCUT2D eigenvalue weighted by molar-refractivity contribution is -0.123. The topological polar surface area (TPSA) is 81.4 Å². The maximum Gasteiger partial charge on any atom is 0.414 e. The van der Waals surface area contributed by atoms with Gasteiger partial charge in [0.05, 0.1) is 5.69 Å². The average Bonchev–Trinajstić information content (AvgIpc) is 3.39. The van der Waals surface area contributed by atoms with Gasteiger partial charge in [-0.15, -0.1) is 11.3 Å². The molecule has 0 radical (unpaired) electrons. The predicted octanol–water partition coefficient (Wildman–Crippen LogP) is 4.63. The van der Waals surface area contributed by atoms with Crippen LogP contribution in [0.5, 0.6) is 0 Å². The summed E-state index contributed by atoms with van der Waals surface area (Å²) in [5.41, 5.74) is 3.80. The maximum absolute atomic E-state index is 11.7. The summed E-state index contributed by atoms with van der Waals surface area (Å²) in [6.45, 7) is 2.08. The number of imide groups is 1. The SMILES string of the molecule is Cc1sc(-c2ccccc2)nc1Cc1cc2cc(CC3OC(=O)NC3=O)ccc2o1. The smallest absolute Gasteiger partial charge is 0.414 e. The van der Waals surface area contributed by atoms with Crippen LogP contribution in [0.2, 0.25) is 0 Å². The van der Waals surface area contributed by atoms with Crippen LogP contribution in [0.25, 0.3) is 21.5 Å². The second kappa shape index (κ2) is 7.42. The van der Waals surface area contributed by atoms with Gasteiger partial charge in [0.15, 0.2) is 6.10 Å². The van der Waals surface area contributed by atoms with Gasteiger partial charge < -0.3 is 9.15 Å². The number of hydrogen-bond donors (Lipinski definition) is 1. The number of cyclic esters (lactones) is 1. The molecule has 7 heteroatoms. The molecule has 1 atom stereocenters. The molecule has 1 aliphatic rings. The zero-order chi connectivity index (χ0) is 20.7. The largest absolute Gasteiger partial charge is 0.461 e. The minimum atomic E-state index is -0.782. The second-order valence-corrected chi connectivity index (χ2v) is 8.44. The van der Waals surface area contributed by atoms with E-state index >= 15 is 0 Å². The van der Waals surface area contributed by atoms with Crippen molar-refractivity contribution in [2.75, 3.05) is 0 Å². The van der Waals surface area contributed by atoms with E-state index in [0.29, 0.717) is 12.8 Å². The molecule has 4 aromatic rings. The van der Waals surface area contributed by atoms with Crippen LogP contribution >= 0.6 is 11.3 Å². The minimum Gasteiger partial charge on any atom is -0.461 e. The Morgan fingerprint density at radius 3 is 2.70 bits per heavy atom. The molecule has 0 bridgehead atoms. The van der Waals surface area contributed by atoms with E-state index in [1.54, 1.807) is 11.3 Å². The molecule has 2 amide bonds. The molecule has 2 aromatic heterocycles. The van der Waals surface area contributed by atoms with Gasteiger partial charge in [0.1, 0.15) is 16.4 Å². The predicted molar refractivity (Wildman–Crippen MR) is 113 cm³/mol. The van der Waals surface area contributed by atoms with Crippen LogP contribution < -0.4 is 5.32 Å². The Morgan fingerprint density at radius 2 is 1.93 bits per heavy atom. The number of furan rings is 1. The van der Waals surface area contributed by atoms with Crippen LogP contribution in [0.1, 0.15) is 21.9 Å². The molecule has 1 N–H and O–H groups in total. The number of nitrogens with zero attached hydrogens (tertiary/aromatic N) is 1. The van der Waals surface area contributed by atoms with Gasteiger partial charge in [-0.2, -0.15) is 0 Å². The summed E-state index contributed by atoms with van der Waals surface area (Å²) in [6, 6.07) is 17.9. The zero-order valence-corrected chi connectivity index (χ0v) is 17.0. The third-order valence-corrected chi connectivity index (χ3v) is 6.14. The summed E-state index contributed by atoms with van der Waals surface area (Å²) < 4.78 is 11.0. The van der Waals surface area contributed by atoms with E-state index < -0.39 is 18.1 Å². The number of carbonyl (C=O) groups excluding carboxylic acids is 2. The quantitative estimate of drug-likeness (QED) is 0.511. The molecule has 150 valence electrons. The summed E-state index contributed by atoms with van der Waals surface area (Å²) >= 11 is 1.68. The highest BCUT2D eigenvalue weighted by Crippen LogP contribution is 2.30. The number of carbonyl (C=O) groups is 2. The van der Waals surface area contributed by atoms with Crippen molar-refractivity contribution in [3.05, 3.63) is 76.5 Å². The van der Waals surface area contributed by atoms with Gasteiger partial charge in [0, 0.05) is 28.7 Å². The molecule has 30 heavy (non-hydrogen) atoms. The third-order valence-electron chi connectivity index (χ3n) is 5.07. The zero-order valence-electron chi connectivity index (χ0n) is 16.2. The van der Waals surface area contributed by atoms with Gasteiger partial charge >= 0.3 is 6.09 Å². The summed E-state index contributed by atoms with van der Waals surface area (Å²) in [6.07, 6.45) is -0.526. The fraction of sp³-hybridized carbons (Fsp3) is 0.174. The minimum absolute atomic E-state index is 0.333. The summed E-state index contributed by atoms with van der Waals surface area (Å²) in [5.74, 6) is 0.432. The highest BCUT2D eigenvalue weighted by atomic mass is 32.1. The number of alkyl carbamates (subject to hydrolysis) is 1. The molecule has 0 aliphatic carbocycles. The first-order valence-corrected chi connectivity index (χ1v) is 10.4. The number of rotatable bonds is 5. The Bertz CT molecular complexity index is 1260. The normalized spacial score (nSPS) is 16.1. The lowest BCUT2D eigenvalue weighted by atomic mass is 10.1. The summed E-state index contributed by atoms with van der Waals surface area (Å²) in [7, 11) is 0. The van der Waals surface area contributed by atoms with Crippen molar-refractivity contribution in [2.24, 2.45) is 0 Å². The number of aromatic nitrogens is 1. The first-order chi connectivity index (χ1) is 14.5. The van der Waals surface area contributed by atoms with Gasteiger partial charge in [-0.3, -0.25) is 10.1 Å². The van der Waals surface area contributed by atoms with E-state index in [1.807, 2.05) is 42.5 Å². The van der Waals surface area contributed by atoms with E-state index in [-0.39, 0.29) is 0 Å². The maximum atomic E-state index is 11.7. The van der Waals surface area contributed by atoms with Crippen molar-refractivity contribution >= 4 is 34.3 Å². The molecule has 0 spiro atoms. The van der Waals surface area contributed by atoms with Crippen molar-refractivity contribution < 1.29 is 18.7 Å². The number of ether oxygens (including phenoxy) is 1. The van der Waals surface area contributed by atoms with Crippen molar-refractivity contribution in [3.8, 4) is 10.6 Å². The van der Waals surface area contributed by atoms with Gasteiger partial charge in [-0.1, -0.05) is 36.4 Å². The van der Waals surface area contributed by atoms with E-state index in [2.05, 4.69) is 24.4 Å². The van der Waals surface area contributed by atoms with Crippen molar-refractivity contribution in [1.82, 2.24) is 10.3 Å². The lowest BCUT2D eigenvalue weighted by Crippen LogP contribution is -2.25. The molecule has 1 unspecified atom stereocenters. The Kier molecular flexibility index (Phi) is 4.59. The number of benzene rings is 2.